The van der Waals surface area contributed by atoms with E-state index in [9.17, 15) is 0 Å². The van der Waals surface area contributed by atoms with Crippen molar-refractivity contribution in [1.29, 1.82) is 0 Å². The fourth-order valence-corrected chi connectivity index (χ4v) is 2.95. The monoisotopic (exact) mass is 345 g/mol. The zero-order valence-electron chi connectivity index (χ0n) is 12.5. The third-order valence-corrected chi connectivity index (χ3v) is 4.82. The molecule has 0 spiro atoms. The van der Waals surface area contributed by atoms with Crippen molar-refractivity contribution in [2.45, 2.75) is 13.8 Å². The highest BCUT2D eigenvalue weighted by Crippen LogP contribution is 2.22. The van der Waals surface area contributed by atoms with Gasteiger partial charge in [-0.1, -0.05) is 12.1 Å². The minimum atomic E-state index is 1.02. The number of hydrogen-bond acceptors (Lipinski definition) is 3. The molecule has 0 saturated carbocycles. The Morgan fingerprint density at radius 1 is 0.952 bits per heavy atom. The molecule has 3 rings (SSSR count). The van der Waals surface area contributed by atoms with Crippen molar-refractivity contribution >= 4 is 27.4 Å². The molecule has 0 amide bonds. The highest BCUT2D eigenvalue weighted by atomic mass is 79.9. The van der Waals surface area contributed by atoms with Crippen LogP contribution in [0.5, 0.6) is 0 Å². The summed E-state index contributed by atoms with van der Waals surface area (Å²) < 4.78 is 1.07. The van der Waals surface area contributed by atoms with E-state index >= 15 is 0 Å². The quantitative estimate of drug-likeness (QED) is 0.825. The van der Waals surface area contributed by atoms with Gasteiger partial charge in [-0.2, -0.15) is 0 Å². The summed E-state index contributed by atoms with van der Waals surface area (Å²) in [6.45, 7) is 8.30. The summed E-state index contributed by atoms with van der Waals surface area (Å²) in [6, 6.07) is 12.9. The van der Waals surface area contributed by atoms with Gasteiger partial charge in [0.15, 0.2) is 0 Å². The van der Waals surface area contributed by atoms with Gasteiger partial charge in [0.1, 0.15) is 5.82 Å². The van der Waals surface area contributed by atoms with Crippen molar-refractivity contribution in [3.8, 4) is 0 Å². The SMILES string of the molecule is Cc1cccc(N2CCN(c3ccc(Br)c(C)n3)CC2)c1. The summed E-state index contributed by atoms with van der Waals surface area (Å²) in [7, 11) is 0. The topological polar surface area (TPSA) is 19.4 Å². The Kier molecular flexibility index (Phi) is 4.15. The third kappa shape index (κ3) is 3.21. The van der Waals surface area contributed by atoms with Gasteiger partial charge in [0.25, 0.3) is 0 Å². The van der Waals surface area contributed by atoms with Gasteiger partial charge in [-0.15, -0.1) is 0 Å². The Labute approximate surface area is 134 Å². The second kappa shape index (κ2) is 6.06. The van der Waals surface area contributed by atoms with Crippen LogP contribution < -0.4 is 9.80 Å². The van der Waals surface area contributed by atoms with E-state index in [1.807, 2.05) is 6.92 Å². The van der Waals surface area contributed by atoms with Crippen molar-refractivity contribution in [3.05, 3.63) is 52.1 Å². The first kappa shape index (κ1) is 14.4. The first-order chi connectivity index (χ1) is 10.1. The van der Waals surface area contributed by atoms with Crippen LogP contribution in [0.4, 0.5) is 11.5 Å². The Hall–Kier alpha value is -1.55. The molecule has 0 unspecified atom stereocenters. The molecule has 1 aliphatic rings. The molecule has 1 fully saturated rings. The van der Waals surface area contributed by atoms with Gasteiger partial charge in [0.05, 0.1) is 5.69 Å². The summed E-state index contributed by atoms with van der Waals surface area (Å²) in [5.74, 6) is 1.08. The number of anilines is 2. The maximum atomic E-state index is 4.67. The lowest BCUT2D eigenvalue weighted by Gasteiger charge is -2.37. The largest absolute Gasteiger partial charge is 0.368 e. The molecule has 110 valence electrons. The minimum absolute atomic E-state index is 1.02. The highest BCUT2D eigenvalue weighted by Gasteiger charge is 2.18. The second-order valence-electron chi connectivity index (χ2n) is 5.55. The molecule has 1 aromatic carbocycles. The van der Waals surface area contributed by atoms with Crippen molar-refractivity contribution < 1.29 is 0 Å². The number of benzene rings is 1. The summed E-state index contributed by atoms with van der Waals surface area (Å²) in [5, 5.41) is 0. The first-order valence-corrected chi connectivity index (χ1v) is 8.12. The Balaban J connectivity index is 1.68. The molecule has 0 N–H and O–H groups in total. The lowest BCUT2D eigenvalue weighted by molar-refractivity contribution is 0.646. The lowest BCUT2D eigenvalue weighted by Crippen LogP contribution is -2.46. The van der Waals surface area contributed by atoms with Gasteiger partial charge in [-0.3, -0.25) is 0 Å². The molecule has 0 atom stereocenters. The van der Waals surface area contributed by atoms with E-state index < -0.39 is 0 Å². The molecule has 21 heavy (non-hydrogen) atoms. The van der Waals surface area contributed by atoms with Gasteiger partial charge in [0, 0.05) is 36.3 Å². The van der Waals surface area contributed by atoms with E-state index in [2.05, 4.69) is 74.0 Å². The normalized spacial score (nSPS) is 15.4. The number of pyridine rings is 1. The molecule has 1 aliphatic heterocycles. The zero-order valence-corrected chi connectivity index (χ0v) is 14.1. The average Bonchev–Trinajstić information content (AvgIpc) is 2.50. The molecule has 1 aromatic heterocycles. The van der Waals surface area contributed by atoms with Crippen molar-refractivity contribution in [3.63, 3.8) is 0 Å². The smallest absolute Gasteiger partial charge is 0.128 e. The van der Waals surface area contributed by atoms with Gasteiger partial charge >= 0.3 is 0 Å². The summed E-state index contributed by atoms with van der Waals surface area (Å²) >= 11 is 3.51. The Morgan fingerprint density at radius 3 is 2.33 bits per heavy atom. The van der Waals surface area contributed by atoms with Crippen LogP contribution in [0.25, 0.3) is 0 Å². The molecule has 1 saturated heterocycles. The molecule has 4 heteroatoms. The van der Waals surface area contributed by atoms with Crippen LogP contribution >= 0.6 is 15.9 Å². The van der Waals surface area contributed by atoms with E-state index in [0.29, 0.717) is 0 Å². The lowest BCUT2D eigenvalue weighted by atomic mass is 10.2. The molecular weight excluding hydrogens is 326 g/mol. The van der Waals surface area contributed by atoms with E-state index in [1.54, 1.807) is 0 Å². The number of halogens is 1. The van der Waals surface area contributed by atoms with Crippen LogP contribution in [0.15, 0.2) is 40.9 Å². The molecule has 3 nitrogen and oxygen atoms in total. The second-order valence-corrected chi connectivity index (χ2v) is 6.40. The van der Waals surface area contributed by atoms with Crippen LogP contribution in [0, 0.1) is 13.8 Å². The van der Waals surface area contributed by atoms with Gasteiger partial charge < -0.3 is 9.80 Å². The number of hydrogen-bond donors (Lipinski definition) is 0. The Bertz CT molecular complexity index is 634. The minimum Gasteiger partial charge on any atom is -0.368 e. The van der Waals surface area contributed by atoms with Crippen molar-refractivity contribution in [2.24, 2.45) is 0 Å². The molecule has 0 bridgehead atoms. The Morgan fingerprint density at radius 2 is 1.67 bits per heavy atom. The van der Waals surface area contributed by atoms with E-state index in [4.69, 9.17) is 0 Å². The van der Waals surface area contributed by atoms with Crippen molar-refractivity contribution in [2.75, 3.05) is 36.0 Å². The first-order valence-electron chi connectivity index (χ1n) is 7.33. The maximum Gasteiger partial charge on any atom is 0.128 e. The predicted octanol–water partition coefficient (Wildman–Crippen LogP) is 3.79. The highest BCUT2D eigenvalue weighted by molar-refractivity contribution is 9.10. The van der Waals surface area contributed by atoms with Crippen LogP contribution in [-0.2, 0) is 0 Å². The third-order valence-electron chi connectivity index (χ3n) is 3.98. The van der Waals surface area contributed by atoms with Crippen LogP contribution in [-0.4, -0.2) is 31.2 Å². The predicted molar refractivity (Wildman–Crippen MR) is 92.3 cm³/mol. The maximum absolute atomic E-state index is 4.67. The molecule has 0 radical (unpaired) electrons. The standard InChI is InChI=1S/C17H20BrN3/c1-13-4-3-5-15(12-13)20-8-10-21(11-9-20)17-7-6-16(18)14(2)19-17/h3-7,12H,8-11H2,1-2H3. The van der Waals surface area contributed by atoms with E-state index in [-0.39, 0.29) is 0 Å². The van der Waals surface area contributed by atoms with Crippen LogP contribution in [0.3, 0.4) is 0 Å². The molecule has 2 heterocycles. The summed E-state index contributed by atoms with van der Waals surface area (Å²) in [5.41, 5.74) is 3.70. The number of nitrogens with zero attached hydrogens (tertiary/aromatic N) is 3. The number of aromatic nitrogens is 1. The van der Waals surface area contributed by atoms with Gasteiger partial charge in [-0.25, -0.2) is 4.98 Å². The number of piperazine rings is 1. The number of rotatable bonds is 2. The fourth-order valence-electron chi connectivity index (χ4n) is 2.73. The van der Waals surface area contributed by atoms with Crippen LogP contribution in [0.2, 0.25) is 0 Å². The van der Waals surface area contributed by atoms with Gasteiger partial charge in [-0.05, 0) is 59.6 Å². The van der Waals surface area contributed by atoms with E-state index in [0.717, 1.165) is 42.2 Å². The summed E-state index contributed by atoms with van der Waals surface area (Å²) in [6.07, 6.45) is 0. The van der Waals surface area contributed by atoms with E-state index in [1.165, 1.54) is 11.3 Å². The molecule has 0 aliphatic carbocycles. The molecule has 2 aromatic rings. The zero-order chi connectivity index (χ0) is 14.8. The van der Waals surface area contributed by atoms with Gasteiger partial charge in [0.2, 0.25) is 0 Å². The van der Waals surface area contributed by atoms with Crippen LogP contribution in [0.1, 0.15) is 11.3 Å². The fraction of sp³-hybridized carbons (Fsp3) is 0.353. The van der Waals surface area contributed by atoms with Crippen molar-refractivity contribution in [1.82, 2.24) is 4.98 Å². The molecular formula is C17H20BrN3. The summed E-state index contributed by atoms with van der Waals surface area (Å²) in [4.78, 5) is 9.49. The number of aryl methyl sites for hydroxylation is 2. The average molecular weight is 346 g/mol.